The van der Waals surface area contributed by atoms with E-state index in [1.807, 2.05) is 18.2 Å². The van der Waals surface area contributed by atoms with Crippen LogP contribution in [0.2, 0.25) is 5.02 Å². The summed E-state index contributed by atoms with van der Waals surface area (Å²) < 4.78 is 5.35. The third-order valence-electron chi connectivity index (χ3n) is 2.74. The van der Waals surface area contributed by atoms with E-state index >= 15 is 0 Å². The fourth-order valence-electron chi connectivity index (χ4n) is 1.63. The summed E-state index contributed by atoms with van der Waals surface area (Å²) in [4.78, 5) is 15.6. The molecule has 1 aromatic carbocycles. The van der Waals surface area contributed by atoms with Gasteiger partial charge < -0.3 is 10.1 Å². The van der Waals surface area contributed by atoms with E-state index < -0.39 is 0 Å². The standard InChI is InChI=1S/C18H15ClN2O2/c19-17-8-2-1-6-15(17)9-10-18(22)21-12-3-4-13-23-16-7-5-11-20-14-16/h1-2,5-11,14H,12-13H2,(H,21,22)/b10-9+. The molecule has 0 radical (unpaired) electrons. The van der Waals surface area contributed by atoms with Crippen LogP contribution in [0.25, 0.3) is 6.08 Å². The minimum absolute atomic E-state index is 0.229. The Morgan fingerprint density at radius 1 is 1.26 bits per heavy atom. The van der Waals surface area contributed by atoms with Gasteiger partial charge in [0, 0.05) is 17.3 Å². The number of carbonyl (C=O) groups is 1. The molecule has 0 unspecified atom stereocenters. The summed E-state index contributed by atoms with van der Waals surface area (Å²) in [5.74, 6) is 6.05. The van der Waals surface area contributed by atoms with Gasteiger partial charge in [0.2, 0.25) is 5.91 Å². The number of nitrogens with zero attached hydrogens (tertiary/aromatic N) is 1. The number of benzene rings is 1. The van der Waals surface area contributed by atoms with Crippen LogP contribution in [-0.2, 0) is 4.79 Å². The maximum absolute atomic E-state index is 11.6. The van der Waals surface area contributed by atoms with Crippen LogP contribution in [0.3, 0.4) is 0 Å². The van der Waals surface area contributed by atoms with E-state index in [4.69, 9.17) is 16.3 Å². The molecule has 0 saturated heterocycles. The summed E-state index contributed by atoms with van der Waals surface area (Å²) >= 11 is 6.00. The summed E-state index contributed by atoms with van der Waals surface area (Å²) in [7, 11) is 0. The Hall–Kier alpha value is -2.77. The number of nitrogens with one attached hydrogen (secondary N) is 1. The molecule has 0 aliphatic carbocycles. The van der Waals surface area contributed by atoms with Crippen molar-refractivity contribution in [3.05, 3.63) is 65.5 Å². The van der Waals surface area contributed by atoms with Gasteiger partial charge in [0.15, 0.2) is 0 Å². The Balaban J connectivity index is 1.69. The van der Waals surface area contributed by atoms with Gasteiger partial charge in [-0.05, 0) is 29.8 Å². The van der Waals surface area contributed by atoms with Crippen LogP contribution < -0.4 is 10.1 Å². The third-order valence-corrected chi connectivity index (χ3v) is 3.09. The van der Waals surface area contributed by atoms with Gasteiger partial charge in [-0.3, -0.25) is 9.78 Å². The SMILES string of the molecule is O=C(/C=C/c1ccccc1Cl)NCC#CCOc1cccnc1. The molecule has 23 heavy (non-hydrogen) atoms. The topological polar surface area (TPSA) is 51.2 Å². The molecule has 0 saturated carbocycles. The summed E-state index contributed by atoms with van der Waals surface area (Å²) in [5.41, 5.74) is 0.792. The zero-order chi connectivity index (χ0) is 16.3. The third kappa shape index (κ3) is 6.25. The van der Waals surface area contributed by atoms with Gasteiger partial charge in [0.05, 0.1) is 12.7 Å². The van der Waals surface area contributed by atoms with Gasteiger partial charge in [-0.1, -0.05) is 41.6 Å². The zero-order valence-electron chi connectivity index (χ0n) is 12.3. The second-order valence-electron chi connectivity index (χ2n) is 4.40. The van der Waals surface area contributed by atoms with E-state index in [1.165, 1.54) is 6.08 Å². The van der Waals surface area contributed by atoms with Gasteiger partial charge >= 0.3 is 0 Å². The van der Waals surface area contributed by atoms with Crippen molar-refractivity contribution in [1.29, 1.82) is 0 Å². The quantitative estimate of drug-likeness (QED) is 0.679. The fourth-order valence-corrected chi connectivity index (χ4v) is 1.83. The lowest BCUT2D eigenvalue weighted by molar-refractivity contribution is -0.116. The molecule has 0 atom stereocenters. The molecule has 0 aliphatic heterocycles. The lowest BCUT2D eigenvalue weighted by Crippen LogP contribution is -2.21. The van der Waals surface area contributed by atoms with E-state index in [0.29, 0.717) is 10.8 Å². The Bertz CT molecular complexity index is 733. The van der Waals surface area contributed by atoms with Crippen LogP contribution in [0.15, 0.2) is 54.9 Å². The minimum Gasteiger partial charge on any atom is -0.479 e. The average molecular weight is 327 g/mol. The Labute approximate surface area is 140 Å². The number of pyridine rings is 1. The first-order chi connectivity index (χ1) is 11.3. The first kappa shape index (κ1) is 16.6. The largest absolute Gasteiger partial charge is 0.479 e. The number of carbonyl (C=O) groups excluding carboxylic acids is 1. The number of hydrogen-bond donors (Lipinski definition) is 1. The molecule has 1 N–H and O–H groups in total. The number of halogens is 1. The van der Waals surface area contributed by atoms with Crippen molar-refractivity contribution < 1.29 is 9.53 Å². The summed E-state index contributed by atoms with van der Waals surface area (Å²) in [5, 5.41) is 3.26. The molecule has 0 aliphatic rings. The second-order valence-corrected chi connectivity index (χ2v) is 4.81. The monoisotopic (exact) mass is 326 g/mol. The number of hydrogen-bond acceptors (Lipinski definition) is 3. The minimum atomic E-state index is -0.229. The Morgan fingerprint density at radius 2 is 2.13 bits per heavy atom. The lowest BCUT2D eigenvalue weighted by Gasteiger charge is -1.99. The van der Waals surface area contributed by atoms with Gasteiger partial charge in [0.1, 0.15) is 12.4 Å². The number of ether oxygens (including phenoxy) is 1. The van der Waals surface area contributed by atoms with E-state index in [-0.39, 0.29) is 19.1 Å². The van der Waals surface area contributed by atoms with E-state index in [2.05, 4.69) is 22.1 Å². The van der Waals surface area contributed by atoms with Crippen LogP contribution in [0.1, 0.15) is 5.56 Å². The van der Waals surface area contributed by atoms with E-state index in [1.54, 1.807) is 36.7 Å². The zero-order valence-corrected chi connectivity index (χ0v) is 13.1. The van der Waals surface area contributed by atoms with Crippen molar-refractivity contribution >= 4 is 23.6 Å². The first-order valence-electron chi connectivity index (χ1n) is 6.95. The number of rotatable bonds is 5. The molecular formula is C18H15ClN2O2. The first-order valence-corrected chi connectivity index (χ1v) is 7.32. The van der Waals surface area contributed by atoms with Crippen molar-refractivity contribution in [2.24, 2.45) is 0 Å². The molecule has 5 heteroatoms. The smallest absolute Gasteiger partial charge is 0.244 e. The van der Waals surface area contributed by atoms with Crippen LogP contribution in [0.5, 0.6) is 5.75 Å². The van der Waals surface area contributed by atoms with Gasteiger partial charge in [-0.15, -0.1) is 0 Å². The van der Waals surface area contributed by atoms with E-state index in [9.17, 15) is 4.79 Å². The molecule has 0 fully saturated rings. The lowest BCUT2D eigenvalue weighted by atomic mass is 10.2. The Kier molecular flexibility index (Phi) is 6.70. The van der Waals surface area contributed by atoms with Crippen LogP contribution >= 0.6 is 11.6 Å². The molecule has 116 valence electrons. The molecule has 0 spiro atoms. The highest BCUT2D eigenvalue weighted by Crippen LogP contribution is 2.15. The summed E-state index contributed by atoms with van der Waals surface area (Å²) in [6.07, 6.45) is 6.37. The van der Waals surface area contributed by atoms with Gasteiger partial charge in [-0.25, -0.2) is 0 Å². The molecule has 1 heterocycles. The molecule has 1 aromatic heterocycles. The predicted molar refractivity (Wildman–Crippen MR) is 91.0 cm³/mol. The molecule has 2 aromatic rings. The highest BCUT2D eigenvalue weighted by atomic mass is 35.5. The van der Waals surface area contributed by atoms with Gasteiger partial charge in [0.25, 0.3) is 0 Å². The van der Waals surface area contributed by atoms with Crippen molar-refractivity contribution in [2.75, 3.05) is 13.2 Å². The Morgan fingerprint density at radius 3 is 2.91 bits per heavy atom. The highest BCUT2D eigenvalue weighted by molar-refractivity contribution is 6.32. The van der Waals surface area contributed by atoms with E-state index in [0.717, 1.165) is 5.56 Å². The maximum Gasteiger partial charge on any atom is 0.244 e. The number of aromatic nitrogens is 1. The second kappa shape index (κ2) is 9.29. The average Bonchev–Trinajstić information content (AvgIpc) is 2.58. The highest BCUT2D eigenvalue weighted by Gasteiger charge is 1.96. The van der Waals surface area contributed by atoms with Crippen molar-refractivity contribution in [1.82, 2.24) is 10.3 Å². The fraction of sp³-hybridized carbons (Fsp3) is 0.111. The summed E-state index contributed by atoms with van der Waals surface area (Å²) in [6, 6.07) is 10.9. The van der Waals surface area contributed by atoms with Crippen molar-refractivity contribution in [3.8, 4) is 17.6 Å². The molecule has 4 nitrogen and oxygen atoms in total. The molecule has 1 amide bonds. The normalized spacial score (nSPS) is 9.96. The summed E-state index contributed by atoms with van der Waals surface area (Å²) in [6.45, 7) is 0.499. The number of amides is 1. The maximum atomic E-state index is 11.6. The van der Waals surface area contributed by atoms with Crippen LogP contribution in [0.4, 0.5) is 0 Å². The molecule has 0 bridgehead atoms. The molecular weight excluding hydrogens is 312 g/mol. The van der Waals surface area contributed by atoms with Crippen molar-refractivity contribution in [2.45, 2.75) is 0 Å². The van der Waals surface area contributed by atoms with Crippen molar-refractivity contribution in [3.63, 3.8) is 0 Å². The van der Waals surface area contributed by atoms with Gasteiger partial charge in [-0.2, -0.15) is 0 Å². The van der Waals surface area contributed by atoms with Crippen LogP contribution in [0, 0.1) is 11.8 Å². The predicted octanol–water partition coefficient (Wildman–Crippen LogP) is 2.95. The molecule has 2 rings (SSSR count). The van der Waals surface area contributed by atoms with Crippen LogP contribution in [-0.4, -0.2) is 24.0 Å².